The lowest BCUT2D eigenvalue weighted by Gasteiger charge is -2.21. The molecular formula is C25H27FN8O3. The van der Waals surface area contributed by atoms with E-state index < -0.39 is 10.7 Å². The molecule has 37 heavy (non-hydrogen) atoms. The van der Waals surface area contributed by atoms with Gasteiger partial charge in [-0.05, 0) is 37.0 Å². The van der Waals surface area contributed by atoms with Crippen molar-refractivity contribution in [3.8, 4) is 5.88 Å². The molecule has 0 unspecified atom stereocenters. The van der Waals surface area contributed by atoms with Gasteiger partial charge in [0.15, 0.2) is 11.6 Å². The summed E-state index contributed by atoms with van der Waals surface area (Å²) in [6, 6.07) is 14.7. The van der Waals surface area contributed by atoms with E-state index in [0.717, 1.165) is 17.0 Å². The van der Waals surface area contributed by atoms with E-state index in [2.05, 4.69) is 25.6 Å². The third-order valence-corrected chi connectivity index (χ3v) is 5.59. The van der Waals surface area contributed by atoms with Gasteiger partial charge < -0.3 is 25.2 Å². The molecule has 0 fully saturated rings. The Labute approximate surface area is 213 Å². The minimum atomic E-state index is -0.660. The van der Waals surface area contributed by atoms with E-state index in [0.29, 0.717) is 18.8 Å². The van der Waals surface area contributed by atoms with Crippen molar-refractivity contribution < 1.29 is 14.1 Å². The molecule has 2 heterocycles. The Morgan fingerprint density at radius 2 is 1.78 bits per heavy atom. The Kier molecular flexibility index (Phi) is 7.58. The summed E-state index contributed by atoms with van der Waals surface area (Å²) in [5.41, 5.74) is 0.589. The number of nitrogens with zero attached hydrogens (tertiary/aromatic N) is 6. The molecule has 0 aliphatic carbocycles. The molecule has 0 aliphatic rings. The van der Waals surface area contributed by atoms with Gasteiger partial charge in [0.05, 0.1) is 18.2 Å². The lowest BCUT2D eigenvalue weighted by atomic mass is 10.1. The molecule has 0 atom stereocenters. The molecule has 0 saturated carbocycles. The number of fused-ring (bicyclic) bond motifs is 1. The first-order valence-electron chi connectivity index (χ1n) is 11.4. The average molecular weight is 507 g/mol. The third-order valence-electron chi connectivity index (χ3n) is 5.59. The molecule has 11 nitrogen and oxygen atoms in total. The van der Waals surface area contributed by atoms with Crippen LogP contribution in [0, 0.1) is 15.9 Å². The van der Waals surface area contributed by atoms with Crippen LogP contribution >= 0.6 is 0 Å². The average Bonchev–Trinajstić information content (AvgIpc) is 2.88. The second kappa shape index (κ2) is 11.0. The van der Waals surface area contributed by atoms with Gasteiger partial charge in [0, 0.05) is 31.9 Å². The highest BCUT2D eigenvalue weighted by Crippen LogP contribution is 2.35. The molecule has 2 N–H and O–H groups in total. The first-order valence-corrected chi connectivity index (χ1v) is 11.4. The van der Waals surface area contributed by atoms with Gasteiger partial charge in [0.2, 0.25) is 17.6 Å². The molecule has 0 radical (unpaired) electrons. The van der Waals surface area contributed by atoms with Crippen molar-refractivity contribution in [3.05, 3.63) is 70.7 Å². The SMILES string of the molecule is COc1nc(N(C)CCN(C)C)c([N+](=O)[O-])cc1Nc1ncc(F)c(Nc2ccc3ccccc3c2)n1. The first-order chi connectivity index (χ1) is 17.7. The van der Waals surface area contributed by atoms with Crippen LogP contribution in [0.1, 0.15) is 0 Å². The predicted molar refractivity (Wildman–Crippen MR) is 142 cm³/mol. The van der Waals surface area contributed by atoms with Gasteiger partial charge >= 0.3 is 5.69 Å². The van der Waals surface area contributed by atoms with Crippen molar-refractivity contribution >= 4 is 45.4 Å². The molecule has 4 aromatic rings. The van der Waals surface area contributed by atoms with E-state index in [9.17, 15) is 14.5 Å². The molecule has 2 aromatic heterocycles. The van der Waals surface area contributed by atoms with Crippen LogP contribution in [0.15, 0.2) is 54.7 Å². The maximum Gasteiger partial charge on any atom is 0.313 e. The lowest BCUT2D eigenvalue weighted by Crippen LogP contribution is -2.29. The molecule has 12 heteroatoms. The summed E-state index contributed by atoms with van der Waals surface area (Å²) in [6.07, 6.45) is 1.01. The quantitative estimate of drug-likeness (QED) is 0.234. The standard InChI is InChI=1S/C25H27FN8O3/c1-32(2)11-12-33(3)23-21(34(35)36)14-20(24(31-23)37-4)29-25-27-15-19(26)22(30-25)28-18-10-9-16-7-5-6-8-17(16)13-18/h5-10,13-15H,11-12H2,1-4H3,(H2,27,28,29,30). The largest absolute Gasteiger partial charge is 0.479 e. The number of halogens is 1. The van der Waals surface area contributed by atoms with Gasteiger partial charge in [0.25, 0.3) is 0 Å². The summed E-state index contributed by atoms with van der Waals surface area (Å²) in [4.78, 5) is 27.5. The number of nitrogens with one attached hydrogen (secondary N) is 2. The molecule has 4 rings (SSSR count). The Morgan fingerprint density at radius 1 is 1.03 bits per heavy atom. The number of rotatable bonds is 10. The number of hydrogen-bond acceptors (Lipinski definition) is 10. The van der Waals surface area contributed by atoms with Crippen LogP contribution in [0.4, 0.5) is 39.0 Å². The van der Waals surface area contributed by atoms with Crippen LogP contribution in [-0.4, -0.2) is 66.1 Å². The number of nitro groups is 1. The normalized spacial score (nSPS) is 11.0. The van der Waals surface area contributed by atoms with E-state index in [1.807, 2.05) is 61.5 Å². The lowest BCUT2D eigenvalue weighted by molar-refractivity contribution is -0.384. The molecular weight excluding hydrogens is 479 g/mol. The number of likely N-dealkylation sites (N-methyl/N-ethyl adjacent to an activating group) is 2. The fraction of sp³-hybridized carbons (Fsp3) is 0.240. The number of aromatic nitrogens is 3. The van der Waals surface area contributed by atoms with Crippen molar-refractivity contribution in [2.45, 2.75) is 0 Å². The van der Waals surface area contributed by atoms with Gasteiger partial charge in [-0.2, -0.15) is 9.97 Å². The summed E-state index contributed by atoms with van der Waals surface area (Å²) < 4.78 is 19.9. The van der Waals surface area contributed by atoms with Crippen LogP contribution in [0.5, 0.6) is 5.88 Å². The van der Waals surface area contributed by atoms with Crippen molar-refractivity contribution in [2.24, 2.45) is 0 Å². The fourth-order valence-corrected chi connectivity index (χ4v) is 3.63. The minimum absolute atomic E-state index is 0.00722. The maximum atomic E-state index is 14.5. The summed E-state index contributed by atoms with van der Waals surface area (Å²) >= 11 is 0. The number of methoxy groups -OCH3 is 1. The van der Waals surface area contributed by atoms with Crippen molar-refractivity contribution in [3.63, 3.8) is 0 Å². The highest BCUT2D eigenvalue weighted by molar-refractivity contribution is 5.86. The second-order valence-electron chi connectivity index (χ2n) is 8.57. The topological polar surface area (TPSA) is 122 Å². The summed E-state index contributed by atoms with van der Waals surface area (Å²) in [5.74, 6) is -0.447. The van der Waals surface area contributed by atoms with E-state index in [1.54, 1.807) is 11.9 Å². The Morgan fingerprint density at radius 3 is 2.49 bits per heavy atom. The minimum Gasteiger partial charge on any atom is -0.479 e. The Balaban J connectivity index is 1.62. The number of ether oxygens (including phenoxy) is 1. The maximum absolute atomic E-state index is 14.5. The Bertz CT molecular complexity index is 1430. The smallest absolute Gasteiger partial charge is 0.313 e. The van der Waals surface area contributed by atoms with Gasteiger partial charge in [0.1, 0.15) is 5.69 Å². The van der Waals surface area contributed by atoms with Crippen LogP contribution in [0.2, 0.25) is 0 Å². The van der Waals surface area contributed by atoms with Crippen LogP contribution in [0.3, 0.4) is 0 Å². The summed E-state index contributed by atoms with van der Waals surface area (Å²) in [6.45, 7) is 1.19. The first kappa shape index (κ1) is 25.5. The highest BCUT2D eigenvalue weighted by atomic mass is 19.1. The highest BCUT2D eigenvalue weighted by Gasteiger charge is 2.24. The van der Waals surface area contributed by atoms with Crippen LogP contribution in [-0.2, 0) is 0 Å². The van der Waals surface area contributed by atoms with Gasteiger partial charge in [-0.3, -0.25) is 10.1 Å². The summed E-state index contributed by atoms with van der Waals surface area (Å²) in [7, 11) is 6.95. The van der Waals surface area contributed by atoms with E-state index in [4.69, 9.17) is 4.74 Å². The second-order valence-corrected chi connectivity index (χ2v) is 8.57. The van der Waals surface area contributed by atoms with Crippen LogP contribution < -0.4 is 20.3 Å². The van der Waals surface area contributed by atoms with Crippen molar-refractivity contribution in [2.75, 3.05) is 56.9 Å². The zero-order chi connectivity index (χ0) is 26.5. The van der Waals surface area contributed by atoms with Gasteiger partial charge in [-0.1, -0.05) is 30.3 Å². The third kappa shape index (κ3) is 5.98. The summed E-state index contributed by atoms with van der Waals surface area (Å²) in [5, 5.41) is 19.7. The number of anilines is 5. The van der Waals surface area contributed by atoms with Gasteiger partial charge in [-0.25, -0.2) is 9.37 Å². The molecule has 0 amide bonds. The molecule has 0 bridgehead atoms. The van der Waals surface area contributed by atoms with Crippen molar-refractivity contribution in [1.29, 1.82) is 0 Å². The number of hydrogen-bond donors (Lipinski definition) is 2. The number of benzene rings is 2. The monoisotopic (exact) mass is 506 g/mol. The van der Waals surface area contributed by atoms with E-state index in [-0.39, 0.29) is 34.8 Å². The van der Waals surface area contributed by atoms with Crippen LogP contribution in [0.25, 0.3) is 10.8 Å². The molecule has 0 spiro atoms. The predicted octanol–water partition coefficient (Wildman–Crippen LogP) is 4.57. The fourth-order valence-electron chi connectivity index (χ4n) is 3.63. The Hall–Kier alpha value is -4.58. The number of pyridine rings is 1. The molecule has 0 aliphatic heterocycles. The van der Waals surface area contributed by atoms with E-state index in [1.165, 1.54) is 13.2 Å². The molecule has 0 saturated heterocycles. The van der Waals surface area contributed by atoms with Gasteiger partial charge in [-0.15, -0.1) is 0 Å². The van der Waals surface area contributed by atoms with Crippen molar-refractivity contribution in [1.82, 2.24) is 19.9 Å². The van der Waals surface area contributed by atoms with E-state index >= 15 is 0 Å². The molecule has 2 aromatic carbocycles. The zero-order valence-electron chi connectivity index (χ0n) is 20.9. The molecule has 192 valence electrons. The zero-order valence-corrected chi connectivity index (χ0v) is 20.9.